The van der Waals surface area contributed by atoms with E-state index in [1.54, 1.807) is 0 Å². The molecule has 0 aromatic carbocycles. The Hall–Kier alpha value is -0.200. The van der Waals surface area contributed by atoms with Crippen molar-refractivity contribution in [3.63, 3.8) is 0 Å². The third kappa shape index (κ3) is 6.06. The fourth-order valence-corrected chi connectivity index (χ4v) is 2.83. The van der Waals surface area contributed by atoms with Gasteiger partial charge in [0.1, 0.15) is 0 Å². The van der Waals surface area contributed by atoms with Gasteiger partial charge in [0.15, 0.2) is 0 Å². The molecule has 0 aliphatic heterocycles. The van der Waals surface area contributed by atoms with Gasteiger partial charge in [-0.25, -0.2) is 0 Å². The first kappa shape index (κ1) is 17.9. The van der Waals surface area contributed by atoms with Crippen LogP contribution in [0.4, 0.5) is 0 Å². The molecule has 1 rings (SSSR count). The minimum atomic E-state index is -0.447. The van der Waals surface area contributed by atoms with Crippen molar-refractivity contribution in [3.8, 4) is 0 Å². The third-order valence-corrected chi connectivity index (χ3v) is 4.20. The van der Waals surface area contributed by atoms with Gasteiger partial charge in [-0.3, -0.25) is 0 Å². The molecule has 0 heterocycles. The Bertz CT molecular complexity index is 243. The summed E-state index contributed by atoms with van der Waals surface area (Å²) in [5, 5.41) is 13.3. The van der Waals surface area contributed by atoms with Crippen LogP contribution in [0.3, 0.4) is 0 Å². The first-order valence-corrected chi connectivity index (χ1v) is 7.82. The zero-order chi connectivity index (χ0) is 14.8. The van der Waals surface area contributed by atoms with Crippen molar-refractivity contribution in [2.24, 2.45) is 0 Å². The van der Waals surface area contributed by atoms with Crippen molar-refractivity contribution >= 4 is 0 Å². The molecular formula is C15H32N2O3. The van der Waals surface area contributed by atoms with Gasteiger partial charge in [0.2, 0.25) is 0 Å². The topological polar surface area (TPSA) is 54.0 Å². The highest BCUT2D eigenvalue weighted by Crippen LogP contribution is 2.32. The van der Waals surface area contributed by atoms with E-state index in [1.807, 2.05) is 6.92 Å². The summed E-state index contributed by atoms with van der Waals surface area (Å²) >= 11 is 0. The molecule has 20 heavy (non-hydrogen) atoms. The molecule has 0 bridgehead atoms. The van der Waals surface area contributed by atoms with E-state index in [-0.39, 0.29) is 5.54 Å². The SMILES string of the molecule is CCOCCOCC(O)CNCC1(N(C)C)CCCC1. The Morgan fingerprint density at radius 2 is 1.85 bits per heavy atom. The summed E-state index contributed by atoms with van der Waals surface area (Å²) in [6.07, 6.45) is 4.66. The number of hydrogen-bond donors (Lipinski definition) is 2. The Morgan fingerprint density at radius 3 is 2.45 bits per heavy atom. The lowest BCUT2D eigenvalue weighted by Gasteiger charge is -2.37. The van der Waals surface area contributed by atoms with Crippen LogP contribution in [0.1, 0.15) is 32.6 Å². The number of nitrogens with zero attached hydrogens (tertiary/aromatic N) is 1. The Morgan fingerprint density at radius 1 is 1.20 bits per heavy atom. The Labute approximate surface area is 123 Å². The maximum atomic E-state index is 9.86. The quantitative estimate of drug-likeness (QED) is 0.552. The number of nitrogens with one attached hydrogen (secondary N) is 1. The van der Waals surface area contributed by atoms with Crippen LogP contribution in [0.2, 0.25) is 0 Å². The van der Waals surface area contributed by atoms with Crippen LogP contribution in [0.5, 0.6) is 0 Å². The predicted molar refractivity (Wildman–Crippen MR) is 81.1 cm³/mol. The number of rotatable bonds is 11. The summed E-state index contributed by atoms with van der Waals surface area (Å²) in [7, 11) is 4.31. The molecule has 1 saturated carbocycles. The molecule has 1 unspecified atom stereocenters. The molecule has 1 fully saturated rings. The van der Waals surface area contributed by atoms with Crippen LogP contribution in [-0.2, 0) is 9.47 Å². The molecule has 5 heteroatoms. The average molecular weight is 288 g/mol. The number of aliphatic hydroxyl groups is 1. The summed E-state index contributed by atoms with van der Waals surface area (Å²) in [5.41, 5.74) is 0.273. The number of aliphatic hydroxyl groups excluding tert-OH is 1. The van der Waals surface area contributed by atoms with Gasteiger partial charge in [-0.05, 0) is 33.9 Å². The van der Waals surface area contributed by atoms with Gasteiger partial charge in [0, 0.05) is 25.2 Å². The van der Waals surface area contributed by atoms with Crippen molar-refractivity contribution in [1.29, 1.82) is 0 Å². The first-order chi connectivity index (χ1) is 9.60. The minimum absolute atomic E-state index is 0.273. The van der Waals surface area contributed by atoms with Gasteiger partial charge in [-0.2, -0.15) is 0 Å². The zero-order valence-corrected chi connectivity index (χ0v) is 13.4. The van der Waals surface area contributed by atoms with Gasteiger partial charge in [0.25, 0.3) is 0 Å². The fraction of sp³-hybridized carbons (Fsp3) is 1.00. The third-order valence-electron chi connectivity index (χ3n) is 4.20. The van der Waals surface area contributed by atoms with Crippen LogP contribution in [0, 0.1) is 0 Å². The second-order valence-corrected chi connectivity index (χ2v) is 5.88. The molecule has 1 atom stereocenters. The van der Waals surface area contributed by atoms with Crippen LogP contribution in [0.25, 0.3) is 0 Å². The van der Waals surface area contributed by atoms with Crippen molar-refractivity contribution in [3.05, 3.63) is 0 Å². The van der Waals surface area contributed by atoms with E-state index >= 15 is 0 Å². The lowest BCUT2D eigenvalue weighted by Crippen LogP contribution is -2.50. The number of hydrogen-bond acceptors (Lipinski definition) is 5. The minimum Gasteiger partial charge on any atom is -0.389 e. The Balaban J connectivity index is 2.10. The summed E-state index contributed by atoms with van der Waals surface area (Å²) in [5.74, 6) is 0. The van der Waals surface area contributed by atoms with Crippen LogP contribution < -0.4 is 5.32 Å². The highest BCUT2D eigenvalue weighted by atomic mass is 16.5. The van der Waals surface area contributed by atoms with Crippen LogP contribution in [0.15, 0.2) is 0 Å². The van der Waals surface area contributed by atoms with E-state index in [0.717, 1.165) is 6.54 Å². The molecular weight excluding hydrogens is 256 g/mol. The molecule has 1 aliphatic carbocycles. The van der Waals surface area contributed by atoms with Crippen LogP contribution in [-0.4, -0.2) is 75.3 Å². The second-order valence-electron chi connectivity index (χ2n) is 5.88. The average Bonchev–Trinajstić information content (AvgIpc) is 2.88. The highest BCUT2D eigenvalue weighted by molar-refractivity contribution is 4.94. The van der Waals surface area contributed by atoms with E-state index < -0.39 is 6.10 Å². The van der Waals surface area contributed by atoms with Gasteiger partial charge in [-0.15, -0.1) is 0 Å². The Kier molecular flexibility index (Phi) is 8.64. The molecule has 120 valence electrons. The van der Waals surface area contributed by atoms with E-state index in [0.29, 0.717) is 33.0 Å². The monoisotopic (exact) mass is 288 g/mol. The summed E-state index contributed by atoms with van der Waals surface area (Å²) in [6.45, 7) is 5.71. The highest BCUT2D eigenvalue weighted by Gasteiger charge is 2.35. The van der Waals surface area contributed by atoms with Crippen molar-refractivity contribution in [1.82, 2.24) is 10.2 Å². The fourth-order valence-electron chi connectivity index (χ4n) is 2.83. The van der Waals surface area contributed by atoms with Gasteiger partial charge >= 0.3 is 0 Å². The summed E-state index contributed by atoms with van der Waals surface area (Å²) in [4.78, 5) is 2.33. The molecule has 0 spiro atoms. The number of likely N-dealkylation sites (N-methyl/N-ethyl adjacent to an activating group) is 1. The van der Waals surface area contributed by atoms with E-state index in [4.69, 9.17) is 9.47 Å². The van der Waals surface area contributed by atoms with Gasteiger partial charge < -0.3 is 24.8 Å². The molecule has 0 amide bonds. The summed E-state index contributed by atoms with van der Waals surface area (Å²) in [6, 6.07) is 0. The lowest BCUT2D eigenvalue weighted by atomic mass is 9.96. The lowest BCUT2D eigenvalue weighted by molar-refractivity contribution is 0.00536. The number of ether oxygens (including phenoxy) is 2. The second kappa shape index (κ2) is 9.68. The van der Waals surface area contributed by atoms with Crippen molar-refractivity contribution in [2.45, 2.75) is 44.2 Å². The maximum Gasteiger partial charge on any atom is 0.0897 e. The maximum absolute atomic E-state index is 9.86. The van der Waals surface area contributed by atoms with E-state index in [9.17, 15) is 5.11 Å². The molecule has 0 radical (unpaired) electrons. The standard InChI is InChI=1S/C15H32N2O3/c1-4-19-9-10-20-12-14(18)11-16-13-15(17(2)3)7-5-6-8-15/h14,16,18H,4-13H2,1-3H3. The molecule has 0 saturated heterocycles. The van der Waals surface area contributed by atoms with Crippen molar-refractivity contribution < 1.29 is 14.6 Å². The molecule has 0 aromatic rings. The summed E-state index contributed by atoms with van der Waals surface area (Å²) < 4.78 is 10.5. The normalized spacial score (nSPS) is 19.6. The van der Waals surface area contributed by atoms with E-state index in [2.05, 4.69) is 24.3 Å². The van der Waals surface area contributed by atoms with Gasteiger partial charge in [0.05, 0.1) is 25.9 Å². The molecule has 1 aliphatic rings. The smallest absolute Gasteiger partial charge is 0.0897 e. The van der Waals surface area contributed by atoms with Crippen molar-refractivity contribution in [2.75, 3.05) is 53.6 Å². The predicted octanol–water partition coefficient (Wildman–Crippen LogP) is 0.864. The molecule has 2 N–H and O–H groups in total. The zero-order valence-electron chi connectivity index (χ0n) is 13.4. The first-order valence-electron chi connectivity index (χ1n) is 7.82. The largest absolute Gasteiger partial charge is 0.389 e. The van der Waals surface area contributed by atoms with E-state index in [1.165, 1.54) is 25.7 Å². The van der Waals surface area contributed by atoms with Gasteiger partial charge in [-0.1, -0.05) is 12.8 Å². The molecule has 0 aromatic heterocycles. The molecule has 5 nitrogen and oxygen atoms in total. The van der Waals surface area contributed by atoms with Crippen LogP contribution >= 0.6 is 0 Å².